The first-order chi connectivity index (χ1) is 13.4. The monoisotopic (exact) mass is 386 g/mol. The molecular weight excluding hydrogens is 362 g/mol. The van der Waals surface area contributed by atoms with Gasteiger partial charge in [0, 0.05) is 43.0 Å². The van der Waals surface area contributed by atoms with Crippen LogP contribution in [0.2, 0.25) is 0 Å². The minimum atomic E-state index is -2.68. The van der Waals surface area contributed by atoms with Gasteiger partial charge in [0.1, 0.15) is 11.6 Å². The van der Waals surface area contributed by atoms with Crippen LogP contribution in [0.15, 0.2) is 30.6 Å². The molecule has 148 valence electrons. The van der Waals surface area contributed by atoms with E-state index in [0.717, 1.165) is 29.1 Å². The number of aryl methyl sites for hydroxylation is 2. The normalized spacial score (nSPS) is 16.5. The molecule has 0 saturated carbocycles. The van der Waals surface area contributed by atoms with Crippen LogP contribution in [0.1, 0.15) is 36.6 Å². The Morgan fingerprint density at radius 1 is 1.25 bits per heavy atom. The quantitative estimate of drug-likeness (QED) is 0.722. The lowest BCUT2D eigenvalue weighted by molar-refractivity contribution is -0.0118. The maximum atomic E-state index is 13.9. The number of alkyl halides is 2. The summed E-state index contributed by atoms with van der Waals surface area (Å²) in [5.74, 6) is -1.39. The van der Waals surface area contributed by atoms with E-state index in [2.05, 4.69) is 20.4 Å². The van der Waals surface area contributed by atoms with Crippen molar-refractivity contribution >= 4 is 17.3 Å². The summed E-state index contributed by atoms with van der Waals surface area (Å²) in [6.45, 7) is 4.82. The summed E-state index contributed by atoms with van der Waals surface area (Å²) in [5.41, 5.74) is 3.69. The second-order valence-corrected chi connectivity index (χ2v) is 7.30. The minimum absolute atomic E-state index is 0.0653. The van der Waals surface area contributed by atoms with Gasteiger partial charge in [-0.25, -0.2) is 13.8 Å². The summed E-state index contributed by atoms with van der Waals surface area (Å²) in [5, 5.41) is 7.81. The van der Waals surface area contributed by atoms with Crippen LogP contribution in [0.25, 0.3) is 5.65 Å². The van der Waals surface area contributed by atoms with E-state index in [0.29, 0.717) is 31.0 Å². The third kappa shape index (κ3) is 3.76. The fourth-order valence-electron chi connectivity index (χ4n) is 3.49. The highest BCUT2D eigenvalue weighted by atomic mass is 19.3. The molecule has 3 aromatic heterocycles. The zero-order valence-corrected chi connectivity index (χ0v) is 16.1. The first-order valence-electron chi connectivity index (χ1n) is 9.61. The van der Waals surface area contributed by atoms with Crippen LogP contribution in [0.5, 0.6) is 0 Å². The molecule has 1 aliphatic heterocycles. The predicted octanol–water partition coefficient (Wildman–Crippen LogP) is 3.84. The van der Waals surface area contributed by atoms with Gasteiger partial charge >= 0.3 is 0 Å². The zero-order valence-electron chi connectivity index (χ0n) is 16.1. The summed E-state index contributed by atoms with van der Waals surface area (Å²) in [6, 6.07) is 5.78. The summed E-state index contributed by atoms with van der Waals surface area (Å²) < 4.78 is 29.6. The SMILES string of the molecule is CCc1cnn2c(NCc3ccc(C)nc3)cc(N3CCCC(F)(F)C3)nc12. The van der Waals surface area contributed by atoms with Gasteiger partial charge < -0.3 is 10.2 Å². The number of piperidine rings is 1. The first-order valence-corrected chi connectivity index (χ1v) is 9.61. The standard InChI is InChI=1S/C20H24F2N6/c1-3-16-12-25-28-17(24-11-15-6-5-14(2)23-10-15)9-18(26-19(16)28)27-8-4-7-20(21,22)13-27/h5-6,9-10,12,24H,3-4,7-8,11,13H2,1-2H3. The van der Waals surface area contributed by atoms with Crippen molar-refractivity contribution in [2.45, 2.75) is 45.6 Å². The number of anilines is 2. The van der Waals surface area contributed by atoms with Gasteiger partial charge in [0.15, 0.2) is 5.65 Å². The lowest BCUT2D eigenvalue weighted by Gasteiger charge is -2.33. The lowest BCUT2D eigenvalue weighted by atomic mass is 10.1. The van der Waals surface area contributed by atoms with Crippen molar-refractivity contribution in [3.8, 4) is 0 Å². The highest BCUT2D eigenvalue weighted by molar-refractivity contribution is 5.61. The van der Waals surface area contributed by atoms with Gasteiger partial charge in [-0.05, 0) is 31.4 Å². The molecule has 1 aliphatic rings. The van der Waals surface area contributed by atoms with Crippen molar-refractivity contribution in [3.05, 3.63) is 47.4 Å². The molecule has 0 aromatic carbocycles. The van der Waals surface area contributed by atoms with Crippen molar-refractivity contribution in [2.75, 3.05) is 23.3 Å². The molecule has 4 rings (SSSR count). The van der Waals surface area contributed by atoms with Gasteiger partial charge in [-0.2, -0.15) is 9.61 Å². The van der Waals surface area contributed by atoms with Crippen molar-refractivity contribution in [1.82, 2.24) is 19.6 Å². The Morgan fingerprint density at radius 2 is 2.11 bits per heavy atom. The van der Waals surface area contributed by atoms with Crippen LogP contribution in [0.3, 0.4) is 0 Å². The molecule has 1 N–H and O–H groups in total. The Kier molecular flexibility index (Phi) is 4.87. The average molecular weight is 386 g/mol. The van der Waals surface area contributed by atoms with Crippen LogP contribution < -0.4 is 10.2 Å². The number of aromatic nitrogens is 4. The van der Waals surface area contributed by atoms with E-state index in [1.165, 1.54) is 0 Å². The van der Waals surface area contributed by atoms with E-state index in [1.807, 2.05) is 38.2 Å². The highest BCUT2D eigenvalue weighted by Gasteiger charge is 2.36. The number of nitrogens with zero attached hydrogens (tertiary/aromatic N) is 5. The molecule has 0 unspecified atom stereocenters. The minimum Gasteiger partial charge on any atom is -0.366 e. The number of hydrogen-bond donors (Lipinski definition) is 1. The Hall–Kier alpha value is -2.77. The molecule has 6 nitrogen and oxygen atoms in total. The largest absolute Gasteiger partial charge is 0.366 e. The Bertz CT molecular complexity index is 967. The first kappa shape index (κ1) is 18.6. The fourth-order valence-corrected chi connectivity index (χ4v) is 3.49. The fraction of sp³-hybridized carbons (Fsp3) is 0.450. The van der Waals surface area contributed by atoms with Gasteiger partial charge in [0.05, 0.1) is 12.7 Å². The maximum absolute atomic E-state index is 13.9. The number of nitrogens with one attached hydrogen (secondary N) is 1. The van der Waals surface area contributed by atoms with Crippen molar-refractivity contribution in [1.29, 1.82) is 0 Å². The molecule has 0 aliphatic carbocycles. The van der Waals surface area contributed by atoms with Gasteiger partial charge in [-0.15, -0.1) is 0 Å². The Labute approximate surface area is 162 Å². The molecule has 28 heavy (non-hydrogen) atoms. The molecule has 0 amide bonds. The van der Waals surface area contributed by atoms with Crippen LogP contribution >= 0.6 is 0 Å². The predicted molar refractivity (Wildman–Crippen MR) is 105 cm³/mol. The number of fused-ring (bicyclic) bond motifs is 1. The molecule has 0 spiro atoms. The van der Waals surface area contributed by atoms with Crippen LogP contribution in [-0.4, -0.2) is 38.6 Å². The molecule has 1 fully saturated rings. The van der Waals surface area contributed by atoms with Gasteiger partial charge in [0.25, 0.3) is 5.92 Å². The Balaban J connectivity index is 1.67. The molecule has 3 aromatic rings. The number of rotatable bonds is 5. The highest BCUT2D eigenvalue weighted by Crippen LogP contribution is 2.31. The smallest absolute Gasteiger partial charge is 0.265 e. The van der Waals surface area contributed by atoms with Crippen LogP contribution in [0.4, 0.5) is 20.4 Å². The summed E-state index contributed by atoms with van der Waals surface area (Å²) in [7, 11) is 0. The Morgan fingerprint density at radius 3 is 2.82 bits per heavy atom. The molecule has 0 atom stereocenters. The third-order valence-corrected chi connectivity index (χ3v) is 5.08. The molecule has 0 radical (unpaired) electrons. The van der Waals surface area contributed by atoms with E-state index < -0.39 is 5.92 Å². The van der Waals surface area contributed by atoms with E-state index in [4.69, 9.17) is 0 Å². The van der Waals surface area contributed by atoms with Gasteiger partial charge in [-0.1, -0.05) is 13.0 Å². The van der Waals surface area contributed by atoms with E-state index in [1.54, 1.807) is 15.6 Å². The zero-order chi connectivity index (χ0) is 19.7. The second-order valence-electron chi connectivity index (χ2n) is 7.30. The van der Waals surface area contributed by atoms with Crippen LogP contribution in [0, 0.1) is 6.92 Å². The summed E-state index contributed by atoms with van der Waals surface area (Å²) in [6.07, 6.45) is 4.78. The molecule has 0 bridgehead atoms. The molecule has 8 heteroatoms. The van der Waals surface area contributed by atoms with Crippen molar-refractivity contribution in [3.63, 3.8) is 0 Å². The molecular formula is C20H24F2N6. The second kappa shape index (κ2) is 7.33. The number of pyridine rings is 1. The lowest BCUT2D eigenvalue weighted by Crippen LogP contribution is -2.43. The average Bonchev–Trinajstić information content (AvgIpc) is 3.09. The maximum Gasteiger partial charge on any atom is 0.265 e. The summed E-state index contributed by atoms with van der Waals surface area (Å²) in [4.78, 5) is 10.7. The van der Waals surface area contributed by atoms with Gasteiger partial charge in [0.2, 0.25) is 0 Å². The molecule has 1 saturated heterocycles. The van der Waals surface area contributed by atoms with E-state index in [-0.39, 0.29) is 13.0 Å². The van der Waals surface area contributed by atoms with E-state index >= 15 is 0 Å². The number of hydrogen-bond acceptors (Lipinski definition) is 5. The van der Waals surface area contributed by atoms with Crippen LogP contribution in [-0.2, 0) is 13.0 Å². The van der Waals surface area contributed by atoms with Crippen molar-refractivity contribution in [2.24, 2.45) is 0 Å². The third-order valence-electron chi connectivity index (χ3n) is 5.08. The van der Waals surface area contributed by atoms with Gasteiger partial charge in [-0.3, -0.25) is 4.98 Å². The van der Waals surface area contributed by atoms with E-state index in [9.17, 15) is 8.78 Å². The van der Waals surface area contributed by atoms with Crippen molar-refractivity contribution < 1.29 is 8.78 Å². The topological polar surface area (TPSA) is 58.4 Å². The number of halogens is 2. The molecule has 4 heterocycles. The summed E-state index contributed by atoms with van der Waals surface area (Å²) >= 11 is 0.